The SMILES string of the molecule is Cc1c(CN(C)CC(=O)Nc2ccccc2Cl)noc1-c1ccc(F)cc1. The van der Waals surface area contributed by atoms with Crippen LogP contribution in [0, 0.1) is 12.7 Å². The summed E-state index contributed by atoms with van der Waals surface area (Å²) >= 11 is 6.05. The molecule has 1 heterocycles. The number of benzene rings is 2. The number of nitrogens with one attached hydrogen (secondary N) is 1. The summed E-state index contributed by atoms with van der Waals surface area (Å²) < 4.78 is 18.5. The van der Waals surface area contributed by atoms with Gasteiger partial charge >= 0.3 is 0 Å². The average molecular weight is 388 g/mol. The molecule has 5 nitrogen and oxygen atoms in total. The van der Waals surface area contributed by atoms with Crippen molar-refractivity contribution in [3.05, 3.63) is 70.6 Å². The minimum Gasteiger partial charge on any atom is -0.356 e. The van der Waals surface area contributed by atoms with Gasteiger partial charge in [-0.15, -0.1) is 0 Å². The van der Waals surface area contributed by atoms with Crippen LogP contribution in [0.2, 0.25) is 5.02 Å². The van der Waals surface area contributed by atoms with Crippen LogP contribution in [0.1, 0.15) is 11.3 Å². The number of aromatic nitrogens is 1. The normalized spacial score (nSPS) is 11.0. The fourth-order valence-electron chi connectivity index (χ4n) is 2.70. The van der Waals surface area contributed by atoms with Gasteiger partial charge in [-0.1, -0.05) is 28.9 Å². The highest BCUT2D eigenvalue weighted by Crippen LogP contribution is 2.26. The molecular formula is C20H19ClFN3O2. The number of anilines is 1. The Labute approximate surface area is 161 Å². The molecule has 27 heavy (non-hydrogen) atoms. The van der Waals surface area contributed by atoms with Crippen molar-refractivity contribution >= 4 is 23.2 Å². The van der Waals surface area contributed by atoms with Crippen molar-refractivity contribution in [3.8, 4) is 11.3 Å². The zero-order valence-corrected chi connectivity index (χ0v) is 15.8. The maximum absolute atomic E-state index is 13.1. The molecule has 3 aromatic rings. The molecule has 1 aromatic heterocycles. The van der Waals surface area contributed by atoms with E-state index in [-0.39, 0.29) is 18.3 Å². The van der Waals surface area contributed by atoms with Crippen LogP contribution in [-0.2, 0) is 11.3 Å². The minimum absolute atomic E-state index is 0.170. The smallest absolute Gasteiger partial charge is 0.238 e. The molecule has 0 saturated heterocycles. The predicted molar refractivity (Wildman–Crippen MR) is 103 cm³/mol. The van der Waals surface area contributed by atoms with Crippen LogP contribution in [0.25, 0.3) is 11.3 Å². The van der Waals surface area contributed by atoms with Gasteiger partial charge in [0.2, 0.25) is 5.91 Å². The van der Waals surface area contributed by atoms with Gasteiger partial charge in [-0.2, -0.15) is 0 Å². The lowest BCUT2D eigenvalue weighted by atomic mass is 10.1. The second-order valence-corrected chi connectivity index (χ2v) is 6.70. The topological polar surface area (TPSA) is 58.4 Å². The van der Waals surface area contributed by atoms with Crippen LogP contribution in [0.4, 0.5) is 10.1 Å². The maximum atomic E-state index is 13.1. The molecule has 0 unspecified atom stereocenters. The van der Waals surface area contributed by atoms with Crippen molar-refractivity contribution < 1.29 is 13.7 Å². The lowest BCUT2D eigenvalue weighted by Gasteiger charge is -2.15. The molecule has 0 aliphatic rings. The number of hydrogen-bond acceptors (Lipinski definition) is 4. The quantitative estimate of drug-likeness (QED) is 0.676. The van der Waals surface area contributed by atoms with Gasteiger partial charge in [-0.25, -0.2) is 4.39 Å². The van der Waals surface area contributed by atoms with Gasteiger partial charge in [-0.05, 0) is 50.4 Å². The van der Waals surface area contributed by atoms with E-state index in [1.165, 1.54) is 12.1 Å². The second-order valence-electron chi connectivity index (χ2n) is 6.29. The third-order valence-corrected chi connectivity index (χ3v) is 4.44. The van der Waals surface area contributed by atoms with E-state index in [1.807, 2.05) is 18.9 Å². The van der Waals surface area contributed by atoms with Crippen LogP contribution in [-0.4, -0.2) is 29.6 Å². The summed E-state index contributed by atoms with van der Waals surface area (Å²) in [6, 6.07) is 13.1. The van der Waals surface area contributed by atoms with Crippen LogP contribution in [0.15, 0.2) is 53.1 Å². The van der Waals surface area contributed by atoms with Gasteiger partial charge in [0.1, 0.15) is 11.5 Å². The van der Waals surface area contributed by atoms with E-state index in [4.69, 9.17) is 16.1 Å². The minimum atomic E-state index is -0.305. The van der Waals surface area contributed by atoms with Crippen LogP contribution in [0.5, 0.6) is 0 Å². The highest BCUT2D eigenvalue weighted by atomic mass is 35.5. The van der Waals surface area contributed by atoms with Gasteiger partial charge < -0.3 is 9.84 Å². The molecule has 0 saturated carbocycles. The molecule has 0 spiro atoms. The standard InChI is InChI=1S/C20H19ClFN3O2/c1-13-18(24-27-20(13)14-7-9-15(22)10-8-14)11-25(2)12-19(26)23-17-6-4-3-5-16(17)21/h3-10H,11-12H2,1-2H3,(H,23,26). The Kier molecular flexibility index (Phi) is 5.88. The summed E-state index contributed by atoms with van der Waals surface area (Å²) in [7, 11) is 1.82. The number of carbonyl (C=O) groups is 1. The molecule has 1 amide bonds. The first-order chi connectivity index (χ1) is 12.9. The fourth-order valence-corrected chi connectivity index (χ4v) is 2.88. The van der Waals surface area contributed by atoms with E-state index in [0.717, 1.165) is 16.8 Å². The van der Waals surface area contributed by atoms with Crippen LogP contribution in [0.3, 0.4) is 0 Å². The van der Waals surface area contributed by atoms with E-state index in [1.54, 1.807) is 36.4 Å². The van der Waals surface area contributed by atoms with E-state index in [2.05, 4.69) is 10.5 Å². The molecule has 0 aliphatic heterocycles. The Bertz CT molecular complexity index is 941. The number of carbonyl (C=O) groups excluding carboxylic acids is 1. The first kappa shape index (κ1) is 19.1. The molecule has 0 fully saturated rings. The van der Waals surface area contributed by atoms with Crippen molar-refractivity contribution in [3.63, 3.8) is 0 Å². The van der Waals surface area contributed by atoms with Gasteiger partial charge in [0.25, 0.3) is 0 Å². The molecular weight excluding hydrogens is 369 g/mol. The third-order valence-electron chi connectivity index (χ3n) is 4.11. The van der Waals surface area contributed by atoms with E-state index in [9.17, 15) is 9.18 Å². The van der Waals surface area contributed by atoms with E-state index >= 15 is 0 Å². The van der Waals surface area contributed by atoms with Crippen LogP contribution >= 0.6 is 11.6 Å². The molecule has 1 N–H and O–H groups in total. The van der Waals surface area contributed by atoms with Crippen molar-refractivity contribution in [2.24, 2.45) is 0 Å². The Balaban J connectivity index is 1.63. The van der Waals surface area contributed by atoms with Crippen LogP contribution < -0.4 is 5.32 Å². The summed E-state index contributed by atoms with van der Waals surface area (Å²) in [6.45, 7) is 2.50. The third kappa shape index (κ3) is 4.72. The van der Waals surface area contributed by atoms with Crippen molar-refractivity contribution in [1.29, 1.82) is 0 Å². The monoisotopic (exact) mass is 387 g/mol. The molecule has 7 heteroatoms. The lowest BCUT2D eigenvalue weighted by Crippen LogP contribution is -2.30. The number of rotatable bonds is 6. The van der Waals surface area contributed by atoms with Crippen molar-refractivity contribution in [1.82, 2.24) is 10.1 Å². The Hall–Kier alpha value is -2.70. The Morgan fingerprint density at radius 2 is 1.93 bits per heavy atom. The molecule has 2 aromatic carbocycles. The number of likely N-dealkylation sites (N-methyl/N-ethyl adjacent to an activating group) is 1. The first-order valence-electron chi connectivity index (χ1n) is 8.38. The van der Waals surface area contributed by atoms with Gasteiger partial charge in [0, 0.05) is 17.7 Å². The summed E-state index contributed by atoms with van der Waals surface area (Å²) in [6.07, 6.45) is 0. The molecule has 3 rings (SSSR count). The van der Waals surface area contributed by atoms with Gasteiger partial charge in [-0.3, -0.25) is 9.69 Å². The first-order valence-corrected chi connectivity index (χ1v) is 8.76. The number of para-hydroxylation sites is 1. The Morgan fingerprint density at radius 3 is 2.63 bits per heavy atom. The summed E-state index contributed by atoms with van der Waals surface area (Å²) in [5.41, 5.74) is 2.92. The zero-order valence-electron chi connectivity index (χ0n) is 15.0. The van der Waals surface area contributed by atoms with Crippen molar-refractivity contribution in [2.45, 2.75) is 13.5 Å². The highest BCUT2D eigenvalue weighted by molar-refractivity contribution is 6.33. The predicted octanol–water partition coefficient (Wildman–Crippen LogP) is 4.51. The summed E-state index contributed by atoms with van der Waals surface area (Å²) in [4.78, 5) is 14.0. The zero-order chi connectivity index (χ0) is 19.4. The maximum Gasteiger partial charge on any atom is 0.238 e. The molecule has 140 valence electrons. The number of halogens is 2. The summed E-state index contributed by atoms with van der Waals surface area (Å²) in [5, 5.41) is 7.37. The molecule has 0 atom stereocenters. The number of nitrogens with zero attached hydrogens (tertiary/aromatic N) is 2. The average Bonchev–Trinajstić information content (AvgIpc) is 2.98. The highest BCUT2D eigenvalue weighted by Gasteiger charge is 2.17. The summed E-state index contributed by atoms with van der Waals surface area (Å²) in [5.74, 6) is 0.116. The number of hydrogen-bond donors (Lipinski definition) is 1. The Morgan fingerprint density at radius 1 is 1.22 bits per heavy atom. The fraction of sp³-hybridized carbons (Fsp3) is 0.200. The molecule has 0 bridgehead atoms. The lowest BCUT2D eigenvalue weighted by molar-refractivity contribution is -0.117. The van der Waals surface area contributed by atoms with Gasteiger partial charge in [0.05, 0.1) is 17.3 Å². The van der Waals surface area contributed by atoms with E-state index in [0.29, 0.717) is 23.0 Å². The number of amides is 1. The molecule has 0 radical (unpaired) electrons. The van der Waals surface area contributed by atoms with E-state index < -0.39 is 0 Å². The van der Waals surface area contributed by atoms with Crippen molar-refractivity contribution in [2.75, 3.05) is 18.9 Å². The van der Waals surface area contributed by atoms with Gasteiger partial charge in [0.15, 0.2) is 5.76 Å². The molecule has 0 aliphatic carbocycles. The largest absolute Gasteiger partial charge is 0.356 e. The second kappa shape index (κ2) is 8.33.